The van der Waals surface area contributed by atoms with Gasteiger partial charge in [-0.05, 0) is 30.0 Å². The standard InChI is InChI=1S/C18H24FN5S/c1-13(16-6-4-10-25-16)11-22-18(20-2)23-14-7-9-24(12-14)17-15(19)5-3-8-21-17/h3-6,8,10,13-14H,7,9,11-12H2,1-2H3,(H2,20,22,23). The third kappa shape index (κ3) is 4.48. The Morgan fingerprint density at radius 1 is 1.48 bits per heavy atom. The number of hydrogen-bond acceptors (Lipinski definition) is 4. The number of anilines is 1. The van der Waals surface area contributed by atoms with Gasteiger partial charge in [-0.2, -0.15) is 0 Å². The lowest BCUT2D eigenvalue weighted by molar-refractivity contribution is 0.611. The minimum atomic E-state index is -0.268. The fourth-order valence-corrected chi connectivity index (χ4v) is 3.78. The molecule has 25 heavy (non-hydrogen) atoms. The van der Waals surface area contributed by atoms with Crippen LogP contribution in [0.3, 0.4) is 0 Å². The van der Waals surface area contributed by atoms with Crippen molar-refractivity contribution in [3.8, 4) is 0 Å². The van der Waals surface area contributed by atoms with E-state index in [-0.39, 0.29) is 11.9 Å². The molecule has 3 rings (SSSR count). The van der Waals surface area contributed by atoms with Crippen LogP contribution in [-0.2, 0) is 0 Å². The van der Waals surface area contributed by atoms with E-state index in [1.807, 2.05) is 4.90 Å². The van der Waals surface area contributed by atoms with Crippen LogP contribution < -0.4 is 15.5 Å². The Labute approximate surface area is 152 Å². The second-order valence-electron chi connectivity index (χ2n) is 6.25. The van der Waals surface area contributed by atoms with Gasteiger partial charge < -0.3 is 15.5 Å². The highest BCUT2D eigenvalue weighted by molar-refractivity contribution is 7.10. The van der Waals surface area contributed by atoms with Crippen LogP contribution in [0.5, 0.6) is 0 Å². The average Bonchev–Trinajstić information content (AvgIpc) is 3.30. The molecular weight excluding hydrogens is 337 g/mol. The van der Waals surface area contributed by atoms with Crippen molar-refractivity contribution in [3.05, 3.63) is 46.5 Å². The molecule has 1 aliphatic heterocycles. The van der Waals surface area contributed by atoms with E-state index >= 15 is 0 Å². The van der Waals surface area contributed by atoms with E-state index in [9.17, 15) is 4.39 Å². The predicted molar refractivity (Wildman–Crippen MR) is 102 cm³/mol. The molecule has 2 aromatic rings. The van der Waals surface area contributed by atoms with Crippen molar-refractivity contribution in [2.45, 2.75) is 25.3 Å². The van der Waals surface area contributed by atoms with E-state index in [1.165, 1.54) is 10.9 Å². The number of rotatable bonds is 5. The van der Waals surface area contributed by atoms with Gasteiger partial charge in [0, 0.05) is 49.7 Å². The molecule has 1 fully saturated rings. The Kier molecular flexibility index (Phi) is 5.86. The first-order valence-corrected chi connectivity index (χ1v) is 9.41. The number of aromatic nitrogens is 1. The fraction of sp³-hybridized carbons (Fsp3) is 0.444. The maximum absolute atomic E-state index is 13.9. The molecule has 2 atom stereocenters. The van der Waals surface area contributed by atoms with E-state index in [1.54, 1.807) is 30.6 Å². The highest BCUT2D eigenvalue weighted by Gasteiger charge is 2.26. The van der Waals surface area contributed by atoms with Crippen LogP contribution in [0.15, 0.2) is 40.8 Å². The largest absolute Gasteiger partial charge is 0.356 e. The predicted octanol–water partition coefficient (Wildman–Crippen LogP) is 2.83. The van der Waals surface area contributed by atoms with Crippen LogP contribution in [0.2, 0.25) is 0 Å². The molecule has 1 aliphatic rings. The van der Waals surface area contributed by atoms with E-state index in [0.717, 1.165) is 32.0 Å². The average molecular weight is 361 g/mol. The summed E-state index contributed by atoms with van der Waals surface area (Å²) in [4.78, 5) is 11.8. The maximum Gasteiger partial charge on any atom is 0.191 e. The second-order valence-corrected chi connectivity index (χ2v) is 7.23. The molecule has 0 saturated carbocycles. The normalized spacial score (nSPS) is 19.1. The monoisotopic (exact) mass is 361 g/mol. The van der Waals surface area contributed by atoms with Gasteiger partial charge in [-0.25, -0.2) is 9.37 Å². The maximum atomic E-state index is 13.9. The van der Waals surface area contributed by atoms with E-state index in [0.29, 0.717) is 11.7 Å². The SMILES string of the molecule is CN=C(NCC(C)c1cccs1)NC1CCN(c2ncccc2F)C1. The van der Waals surface area contributed by atoms with Crippen LogP contribution in [0.25, 0.3) is 0 Å². The van der Waals surface area contributed by atoms with Crippen molar-refractivity contribution in [1.82, 2.24) is 15.6 Å². The second kappa shape index (κ2) is 8.29. The first kappa shape index (κ1) is 17.7. The highest BCUT2D eigenvalue weighted by Crippen LogP contribution is 2.21. The summed E-state index contributed by atoms with van der Waals surface area (Å²) >= 11 is 1.77. The number of halogens is 1. The third-order valence-electron chi connectivity index (χ3n) is 4.40. The highest BCUT2D eigenvalue weighted by atomic mass is 32.1. The van der Waals surface area contributed by atoms with Gasteiger partial charge in [0.1, 0.15) is 0 Å². The third-order valence-corrected chi connectivity index (χ3v) is 5.50. The van der Waals surface area contributed by atoms with E-state index in [2.05, 4.69) is 45.0 Å². The summed E-state index contributed by atoms with van der Waals surface area (Å²) in [5, 5.41) is 8.92. The first-order valence-electron chi connectivity index (χ1n) is 8.53. The van der Waals surface area contributed by atoms with Crippen LogP contribution in [0.4, 0.5) is 10.2 Å². The van der Waals surface area contributed by atoms with Crippen LogP contribution in [0.1, 0.15) is 24.1 Å². The number of aliphatic imine (C=N–C) groups is 1. The number of nitrogens with zero attached hydrogens (tertiary/aromatic N) is 3. The van der Waals surface area contributed by atoms with Gasteiger partial charge in [0.05, 0.1) is 0 Å². The molecule has 3 heterocycles. The molecule has 2 aromatic heterocycles. The summed E-state index contributed by atoms with van der Waals surface area (Å²) in [6, 6.07) is 7.53. The van der Waals surface area contributed by atoms with Gasteiger partial charge in [-0.3, -0.25) is 4.99 Å². The molecule has 0 spiro atoms. The number of hydrogen-bond donors (Lipinski definition) is 2. The molecule has 0 aromatic carbocycles. The minimum Gasteiger partial charge on any atom is -0.356 e. The van der Waals surface area contributed by atoms with Crippen molar-refractivity contribution in [2.75, 3.05) is 31.6 Å². The Balaban J connectivity index is 1.50. The summed E-state index contributed by atoms with van der Waals surface area (Å²) in [7, 11) is 1.77. The molecule has 2 N–H and O–H groups in total. The number of thiophene rings is 1. The quantitative estimate of drug-likeness (QED) is 0.635. The number of pyridine rings is 1. The molecule has 0 bridgehead atoms. The molecule has 1 saturated heterocycles. The van der Waals surface area contributed by atoms with Gasteiger partial charge in [-0.15, -0.1) is 11.3 Å². The first-order chi connectivity index (χ1) is 12.2. The summed E-state index contributed by atoms with van der Waals surface area (Å²) in [5.41, 5.74) is 0. The Bertz CT molecular complexity index is 703. The summed E-state index contributed by atoms with van der Waals surface area (Å²) in [6.45, 7) is 4.53. The number of guanidine groups is 1. The topological polar surface area (TPSA) is 52.6 Å². The van der Waals surface area contributed by atoms with Gasteiger partial charge >= 0.3 is 0 Å². The van der Waals surface area contributed by atoms with Crippen molar-refractivity contribution in [1.29, 1.82) is 0 Å². The lowest BCUT2D eigenvalue weighted by Gasteiger charge is -2.20. The molecule has 134 valence electrons. The zero-order valence-electron chi connectivity index (χ0n) is 14.6. The molecule has 5 nitrogen and oxygen atoms in total. The minimum absolute atomic E-state index is 0.227. The van der Waals surface area contributed by atoms with Crippen molar-refractivity contribution >= 4 is 23.1 Å². The fourth-order valence-electron chi connectivity index (χ4n) is 2.99. The van der Waals surface area contributed by atoms with E-state index in [4.69, 9.17) is 0 Å². The van der Waals surface area contributed by atoms with Crippen LogP contribution >= 0.6 is 11.3 Å². The molecule has 0 aliphatic carbocycles. The summed E-state index contributed by atoms with van der Waals surface area (Å²) < 4.78 is 13.9. The zero-order valence-corrected chi connectivity index (χ0v) is 15.4. The molecule has 2 unspecified atom stereocenters. The Morgan fingerprint density at radius 2 is 2.36 bits per heavy atom. The smallest absolute Gasteiger partial charge is 0.191 e. The lowest BCUT2D eigenvalue weighted by atomic mass is 10.1. The molecule has 0 amide bonds. The van der Waals surface area contributed by atoms with Crippen molar-refractivity contribution in [3.63, 3.8) is 0 Å². The van der Waals surface area contributed by atoms with Crippen molar-refractivity contribution in [2.24, 2.45) is 4.99 Å². The molecule has 7 heteroatoms. The van der Waals surface area contributed by atoms with Crippen LogP contribution in [-0.4, -0.2) is 43.7 Å². The lowest BCUT2D eigenvalue weighted by Crippen LogP contribution is -2.45. The van der Waals surface area contributed by atoms with Gasteiger partial charge in [0.25, 0.3) is 0 Å². The van der Waals surface area contributed by atoms with Gasteiger partial charge in [0.15, 0.2) is 17.6 Å². The molecular formula is C18H24FN5S. The molecule has 0 radical (unpaired) electrons. The van der Waals surface area contributed by atoms with Gasteiger partial charge in [0.2, 0.25) is 0 Å². The summed E-state index contributed by atoms with van der Waals surface area (Å²) in [6.07, 6.45) is 2.56. The number of nitrogens with one attached hydrogen (secondary N) is 2. The Morgan fingerprint density at radius 3 is 3.08 bits per heavy atom. The van der Waals surface area contributed by atoms with E-state index < -0.39 is 0 Å². The van der Waals surface area contributed by atoms with Crippen molar-refractivity contribution < 1.29 is 4.39 Å². The van der Waals surface area contributed by atoms with Crippen LogP contribution in [0, 0.1) is 5.82 Å². The Hall–Kier alpha value is -2.15. The summed E-state index contributed by atoms with van der Waals surface area (Å²) in [5.74, 6) is 1.38. The zero-order chi connectivity index (χ0) is 17.6. The van der Waals surface area contributed by atoms with Gasteiger partial charge in [-0.1, -0.05) is 13.0 Å².